The highest BCUT2D eigenvalue weighted by atomic mass is 16.6. The molecule has 0 aliphatic rings. The lowest BCUT2D eigenvalue weighted by Gasteiger charge is -2.18. The van der Waals surface area contributed by atoms with Crippen LogP contribution in [0.1, 0.15) is 11.7 Å². The lowest BCUT2D eigenvalue weighted by molar-refractivity contribution is -0.386. The molecule has 0 fully saturated rings. The summed E-state index contributed by atoms with van der Waals surface area (Å²) in [4.78, 5) is 34.2. The Bertz CT molecular complexity index is 748. The first-order chi connectivity index (χ1) is 11.5. The summed E-state index contributed by atoms with van der Waals surface area (Å²) >= 11 is 0. The van der Waals surface area contributed by atoms with E-state index < -0.39 is 23.0 Å². The van der Waals surface area contributed by atoms with E-state index in [9.17, 15) is 19.7 Å². The van der Waals surface area contributed by atoms with E-state index in [1.807, 2.05) is 0 Å². The van der Waals surface area contributed by atoms with Crippen molar-refractivity contribution in [1.82, 2.24) is 10.6 Å². The van der Waals surface area contributed by atoms with E-state index in [1.165, 1.54) is 25.2 Å². The zero-order valence-corrected chi connectivity index (χ0v) is 12.8. The third-order valence-electron chi connectivity index (χ3n) is 3.11. The molecule has 0 saturated heterocycles. The normalized spacial score (nSPS) is 11.2. The van der Waals surface area contributed by atoms with E-state index in [0.717, 1.165) is 0 Å². The average molecular weight is 329 g/mol. The predicted octanol–water partition coefficient (Wildman–Crippen LogP) is 2.17. The minimum atomic E-state index is -1.22. The van der Waals surface area contributed by atoms with Gasteiger partial charge in [0, 0.05) is 18.7 Å². The standard InChI is InChI=1S/C16H15N3O5/c1-17-16(21)18-15(20)14(11-7-3-2-4-8-11)24-13-10-6-5-9-12(13)19(22)23/h2-10,14H,1H3,(H2,17,18,20,21)/t14-/m0/s1. The van der Waals surface area contributed by atoms with E-state index in [4.69, 9.17) is 4.74 Å². The number of hydrogen-bond donors (Lipinski definition) is 2. The summed E-state index contributed by atoms with van der Waals surface area (Å²) in [6, 6.07) is 13.4. The monoisotopic (exact) mass is 329 g/mol. The number of ether oxygens (including phenoxy) is 1. The Labute approximate surface area is 137 Å². The number of imide groups is 1. The number of benzene rings is 2. The number of hydrogen-bond acceptors (Lipinski definition) is 5. The summed E-state index contributed by atoms with van der Waals surface area (Å²) in [6.07, 6.45) is -1.22. The molecule has 0 bridgehead atoms. The molecule has 8 nitrogen and oxygen atoms in total. The molecule has 0 aromatic heterocycles. The van der Waals surface area contributed by atoms with E-state index in [0.29, 0.717) is 5.56 Å². The smallest absolute Gasteiger partial charge is 0.321 e. The van der Waals surface area contributed by atoms with E-state index in [-0.39, 0.29) is 11.4 Å². The molecule has 0 radical (unpaired) electrons. The quantitative estimate of drug-likeness (QED) is 0.645. The number of carbonyl (C=O) groups excluding carboxylic acids is 2. The highest BCUT2D eigenvalue weighted by Crippen LogP contribution is 2.30. The van der Waals surface area contributed by atoms with Gasteiger partial charge in [-0.3, -0.25) is 20.2 Å². The topological polar surface area (TPSA) is 111 Å². The molecular weight excluding hydrogens is 314 g/mol. The minimum Gasteiger partial charge on any atom is -0.469 e. The van der Waals surface area contributed by atoms with Crippen LogP contribution >= 0.6 is 0 Å². The second-order valence-electron chi connectivity index (χ2n) is 4.70. The van der Waals surface area contributed by atoms with Crippen LogP contribution in [-0.2, 0) is 4.79 Å². The van der Waals surface area contributed by atoms with Gasteiger partial charge in [0.15, 0.2) is 5.75 Å². The number of nitrogens with one attached hydrogen (secondary N) is 2. The molecule has 124 valence electrons. The fraction of sp³-hybridized carbons (Fsp3) is 0.125. The molecule has 0 unspecified atom stereocenters. The van der Waals surface area contributed by atoms with Crippen molar-refractivity contribution in [3.63, 3.8) is 0 Å². The van der Waals surface area contributed by atoms with Crippen LogP contribution in [0.25, 0.3) is 0 Å². The van der Waals surface area contributed by atoms with Crippen molar-refractivity contribution >= 4 is 17.6 Å². The Morgan fingerprint density at radius 3 is 2.33 bits per heavy atom. The summed E-state index contributed by atoms with van der Waals surface area (Å²) in [5.74, 6) is -0.804. The fourth-order valence-electron chi connectivity index (χ4n) is 1.98. The van der Waals surface area contributed by atoms with Crippen LogP contribution in [0.2, 0.25) is 0 Å². The third kappa shape index (κ3) is 4.07. The highest BCUT2D eigenvalue weighted by Gasteiger charge is 2.27. The summed E-state index contributed by atoms with van der Waals surface area (Å²) in [5.41, 5.74) is 0.184. The SMILES string of the molecule is CNC(=O)NC(=O)[C@@H](Oc1ccccc1[N+](=O)[O-])c1ccccc1. The van der Waals surface area contributed by atoms with Gasteiger partial charge in [-0.15, -0.1) is 0 Å². The molecular formula is C16H15N3O5. The molecule has 1 atom stereocenters. The molecule has 2 aromatic rings. The third-order valence-corrected chi connectivity index (χ3v) is 3.11. The second kappa shape index (κ2) is 7.73. The Balaban J connectivity index is 2.35. The zero-order valence-electron chi connectivity index (χ0n) is 12.8. The minimum absolute atomic E-state index is 0.0663. The van der Waals surface area contributed by atoms with Gasteiger partial charge in [0.1, 0.15) is 0 Å². The van der Waals surface area contributed by atoms with Crippen LogP contribution in [0.3, 0.4) is 0 Å². The number of amides is 3. The number of nitro groups is 1. The Kier molecular flexibility index (Phi) is 5.45. The first kappa shape index (κ1) is 16.9. The number of carbonyl (C=O) groups is 2. The van der Waals surface area contributed by atoms with Gasteiger partial charge in [0.2, 0.25) is 6.10 Å². The lowest BCUT2D eigenvalue weighted by atomic mass is 10.1. The maximum absolute atomic E-state index is 12.3. The van der Waals surface area contributed by atoms with Crippen molar-refractivity contribution < 1.29 is 19.2 Å². The number of rotatable bonds is 5. The highest BCUT2D eigenvalue weighted by molar-refractivity contribution is 5.97. The van der Waals surface area contributed by atoms with E-state index in [1.54, 1.807) is 36.4 Å². The van der Waals surface area contributed by atoms with Crippen LogP contribution in [-0.4, -0.2) is 23.9 Å². The molecule has 0 aliphatic carbocycles. The van der Waals surface area contributed by atoms with Gasteiger partial charge in [-0.25, -0.2) is 4.79 Å². The Morgan fingerprint density at radius 1 is 1.08 bits per heavy atom. The number of nitro benzene ring substituents is 1. The summed E-state index contributed by atoms with van der Waals surface area (Å²) in [5, 5.41) is 15.5. The van der Waals surface area contributed by atoms with Gasteiger partial charge in [-0.05, 0) is 6.07 Å². The van der Waals surface area contributed by atoms with Crippen molar-refractivity contribution in [3.05, 3.63) is 70.3 Å². The first-order valence-corrected chi connectivity index (χ1v) is 7.00. The predicted molar refractivity (Wildman–Crippen MR) is 85.5 cm³/mol. The van der Waals surface area contributed by atoms with Crippen LogP contribution in [0.15, 0.2) is 54.6 Å². The summed E-state index contributed by atoms with van der Waals surface area (Å²) in [7, 11) is 1.36. The molecule has 0 saturated carbocycles. The van der Waals surface area contributed by atoms with Gasteiger partial charge < -0.3 is 10.1 Å². The number of para-hydroxylation sites is 2. The van der Waals surface area contributed by atoms with Gasteiger partial charge in [0.05, 0.1) is 4.92 Å². The fourth-order valence-corrected chi connectivity index (χ4v) is 1.98. The van der Waals surface area contributed by atoms with Crippen LogP contribution in [0.5, 0.6) is 5.75 Å². The maximum atomic E-state index is 12.3. The van der Waals surface area contributed by atoms with Crippen molar-refractivity contribution in [3.8, 4) is 5.75 Å². The number of nitrogens with zero attached hydrogens (tertiary/aromatic N) is 1. The zero-order chi connectivity index (χ0) is 17.5. The molecule has 0 aliphatic heterocycles. The Hall–Kier alpha value is -3.42. The molecule has 2 rings (SSSR count). The van der Waals surface area contributed by atoms with Gasteiger partial charge in [0.25, 0.3) is 5.91 Å². The Morgan fingerprint density at radius 2 is 1.71 bits per heavy atom. The molecule has 2 aromatic carbocycles. The molecule has 2 N–H and O–H groups in total. The second-order valence-corrected chi connectivity index (χ2v) is 4.70. The molecule has 0 spiro atoms. The van der Waals surface area contributed by atoms with Crippen molar-refractivity contribution in [2.24, 2.45) is 0 Å². The summed E-state index contributed by atoms with van der Waals surface area (Å²) < 4.78 is 5.57. The average Bonchev–Trinajstić information content (AvgIpc) is 2.60. The van der Waals surface area contributed by atoms with Crippen molar-refractivity contribution in [2.45, 2.75) is 6.10 Å². The van der Waals surface area contributed by atoms with Gasteiger partial charge >= 0.3 is 11.7 Å². The number of urea groups is 1. The largest absolute Gasteiger partial charge is 0.469 e. The molecule has 3 amide bonds. The lowest BCUT2D eigenvalue weighted by Crippen LogP contribution is -2.41. The summed E-state index contributed by atoms with van der Waals surface area (Å²) in [6.45, 7) is 0. The molecule has 0 heterocycles. The first-order valence-electron chi connectivity index (χ1n) is 7.00. The van der Waals surface area contributed by atoms with Gasteiger partial charge in [-0.1, -0.05) is 42.5 Å². The molecule has 24 heavy (non-hydrogen) atoms. The van der Waals surface area contributed by atoms with E-state index in [2.05, 4.69) is 10.6 Å². The maximum Gasteiger partial charge on any atom is 0.321 e. The molecule has 8 heteroatoms. The van der Waals surface area contributed by atoms with E-state index >= 15 is 0 Å². The van der Waals surface area contributed by atoms with Crippen LogP contribution in [0.4, 0.5) is 10.5 Å². The van der Waals surface area contributed by atoms with Crippen molar-refractivity contribution in [2.75, 3.05) is 7.05 Å². The van der Waals surface area contributed by atoms with Crippen LogP contribution in [0, 0.1) is 10.1 Å². The van der Waals surface area contributed by atoms with Crippen molar-refractivity contribution in [1.29, 1.82) is 0 Å². The van der Waals surface area contributed by atoms with Gasteiger partial charge in [-0.2, -0.15) is 0 Å². The van der Waals surface area contributed by atoms with Crippen LogP contribution < -0.4 is 15.4 Å².